The third kappa shape index (κ3) is 7.53. The first-order chi connectivity index (χ1) is 14.6. The van der Waals surface area contributed by atoms with Crippen molar-refractivity contribution in [1.29, 1.82) is 0 Å². The molecule has 11 heteroatoms. The van der Waals surface area contributed by atoms with Gasteiger partial charge in [-0.05, 0) is 68.2 Å². The van der Waals surface area contributed by atoms with Crippen LogP contribution in [-0.2, 0) is 24.8 Å². The Morgan fingerprint density at radius 3 is 2.32 bits per heavy atom. The van der Waals surface area contributed by atoms with Crippen molar-refractivity contribution in [2.45, 2.75) is 31.2 Å². The Morgan fingerprint density at radius 1 is 1.06 bits per heavy atom. The number of hydrogen-bond acceptors (Lipinski definition) is 6. The predicted octanol–water partition coefficient (Wildman–Crippen LogP) is 2.80. The fourth-order valence-electron chi connectivity index (χ4n) is 2.66. The molecule has 1 unspecified atom stereocenters. The molecule has 0 aliphatic carbocycles. The number of carbonyl (C=O) groups is 1. The molecule has 0 saturated carbocycles. The van der Waals surface area contributed by atoms with Gasteiger partial charge in [-0.25, -0.2) is 16.8 Å². The third-order valence-corrected chi connectivity index (χ3v) is 7.84. The van der Waals surface area contributed by atoms with Gasteiger partial charge in [0.25, 0.3) is 0 Å². The topological polar surface area (TPSA) is 121 Å². The van der Waals surface area contributed by atoms with Crippen molar-refractivity contribution in [2.24, 2.45) is 0 Å². The number of aryl methyl sites for hydroxylation is 1. The van der Waals surface area contributed by atoms with Gasteiger partial charge in [-0.1, -0.05) is 18.2 Å². The zero-order valence-corrected chi connectivity index (χ0v) is 20.0. The zero-order valence-electron chi connectivity index (χ0n) is 17.6. The number of amides is 1. The highest BCUT2D eigenvalue weighted by atomic mass is 32.2. The summed E-state index contributed by atoms with van der Waals surface area (Å²) in [6.45, 7) is 3.25. The maximum absolute atomic E-state index is 12.8. The zero-order chi connectivity index (χ0) is 23.1. The smallest absolute Gasteiger partial charge is 0.242 e. The average molecular weight is 486 g/mol. The van der Waals surface area contributed by atoms with E-state index in [-0.39, 0.29) is 10.6 Å². The van der Waals surface area contributed by atoms with Crippen LogP contribution < -0.4 is 14.8 Å². The molecule has 0 radical (unpaired) electrons. The molecule has 0 saturated heterocycles. The Kier molecular flexibility index (Phi) is 8.92. The second-order valence-electron chi connectivity index (χ2n) is 6.79. The summed E-state index contributed by atoms with van der Waals surface area (Å²) < 4.78 is 53.8. The summed E-state index contributed by atoms with van der Waals surface area (Å²) in [5.41, 5.74) is 1.49. The van der Waals surface area contributed by atoms with E-state index in [0.29, 0.717) is 29.1 Å². The summed E-state index contributed by atoms with van der Waals surface area (Å²) in [5, 5.41) is 2.72. The fraction of sp³-hybridized carbons (Fsp3) is 0.350. The molecule has 0 heterocycles. The standard InChI is InChI=1S/C20H27N3O5S3/c1-4-30(25,26)22-18-11-10-16(14-15(18)2)21-20(24)19(12-13-29-3)23-31(27,28)17-8-6-5-7-9-17/h5-11,14,19,22-23H,4,12-13H2,1-3H3,(H,21,24). The highest BCUT2D eigenvalue weighted by Crippen LogP contribution is 2.21. The van der Waals surface area contributed by atoms with Crippen molar-refractivity contribution in [3.05, 3.63) is 54.1 Å². The van der Waals surface area contributed by atoms with Crippen LogP contribution in [-0.4, -0.2) is 46.5 Å². The Hall–Kier alpha value is -2.08. The van der Waals surface area contributed by atoms with Gasteiger partial charge < -0.3 is 5.32 Å². The van der Waals surface area contributed by atoms with Gasteiger partial charge in [0.05, 0.1) is 16.3 Å². The normalized spacial score (nSPS) is 12.9. The van der Waals surface area contributed by atoms with Crippen LogP contribution in [0.1, 0.15) is 18.9 Å². The second kappa shape index (κ2) is 11.0. The number of hydrogen-bond donors (Lipinski definition) is 3. The van der Waals surface area contributed by atoms with E-state index in [9.17, 15) is 21.6 Å². The molecule has 0 fully saturated rings. The summed E-state index contributed by atoms with van der Waals surface area (Å²) in [4.78, 5) is 12.9. The highest BCUT2D eigenvalue weighted by Gasteiger charge is 2.25. The third-order valence-electron chi connectivity index (χ3n) is 4.42. The van der Waals surface area contributed by atoms with E-state index in [1.807, 2.05) is 6.26 Å². The Labute approximate surface area is 188 Å². The van der Waals surface area contributed by atoms with Gasteiger partial charge in [-0.15, -0.1) is 0 Å². The quantitative estimate of drug-likeness (QED) is 0.450. The summed E-state index contributed by atoms with van der Waals surface area (Å²) in [7, 11) is -7.28. The molecule has 31 heavy (non-hydrogen) atoms. The van der Waals surface area contributed by atoms with Crippen molar-refractivity contribution in [2.75, 3.05) is 27.8 Å². The van der Waals surface area contributed by atoms with Crippen LogP contribution in [0.5, 0.6) is 0 Å². The maximum Gasteiger partial charge on any atom is 0.242 e. The van der Waals surface area contributed by atoms with Gasteiger partial charge in [-0.2, -0.15) is 16.5 Å². The summed E-state index contributed by atoms with van der Waals surface area (Å²) in [5.74, 6) is 0.0466. The van der Waals surface area contributed by atoms with Gasteiger partial charge >= 0.3 is 0 Å². The SMILES string of the molecule is CCS(=O)(=O)Nc1ccc(NC(=O)C(CCSC)NS(=O)(=O)c2ccccc2)cc1C. The van der Waals surface area contributed by atoms with Crippen LogP contribution in [0.2, 0.25) is 0 Å². The first-order valence-corrected chi connectivity index (χ1v) is 14.1. The molecule has 0 spiro atoms. The molecule has 2 aromatic carbocycles. The number of nitrogens with one attached hydrogen (secondary N) is 3. The van der Waals surface area contributed by atoms with Crippen molar-refractivity contribution in [3.63, 3.8) is 0 Å². The molecule has 2 rings (SSSR count). The van der Waals surface area contributed by atoms with E-state index in [4.69, 9.17) is 0 Å². The Bertz CT molecular complexity index is 1100. The molecular formula is C20H27N3O5S3. The van der Waals surface area contributed by atoms with E-state index < -0.39 is 32.0 Å². The molecule has 3 N–H and O–H groups in total. The molecular weight excluding hydrogens is 458 g/mol. The second-order valence-corrected chi connectivity index (χ2v) is 11.5. The monoisotopic (exact) mass is 485 g/mol. The largest absolute Gasteiger partial charge is 0.325 e. The van der Waals surface area contributed by atoms with Gasteiger partial charge in [0.1, 0.15) is 6.04 Å². The van der Waals surface area contributed by atoms with Crippen molar-refractivity contribution < 1.29 is 21.6 Å². The minimum Gasteiger partial charge on any atom is -0.325 e. The lowest BCUT2D eigenvalue weighted by molar-refractivity contribution is -0.117. The minimum absolute atomic E-state index is 0.0520. The number of sulfonamides is 2. The van der Waals surface area contributed by atoms with E-state index in [2.05, 4.69) is 14.8 Å². The Balaban J connectivity index is 2.18. The van der Waals surface area contributed by atoms with Gasteiger partial charge in [-0.3, -0.25) is 9.52 Å². The van der Waals surface area contributed by atoms with Crippen molar-refractivity contribution in [3.8, 4) is 0 Å². The lowest BCUT2D eigenvalue weighted by Crippen LogP contribution is -2.44. The molecule has 8 nitrogen and oxygen atoms in total. The molecule has 1 amide bonds. The summed E-state index contributed by atoms with van der Waals surface area (Å²) in [6, 6.07) is 11.7. The van der Waals surface area contributed by atoms with Gasteiger partial charge in [0.15, 0.2) is 0 Å². The first-order valence-electron chi connectivity index (χ1n) is 9.56. The molecule has 170 valence electrons. The van der Waals surface area contributed by atoms with Crippen molar-refractivity contribution >= 4 is 49.1 Å². The molecule has 2 aromatic rings. The van der Waals surface area contributed by atoms with Crippen LogP contribution in [0, 0.1) is 6.92 Å². The van der Waals surface area contributed by atoms with Crippen molar-refractivity contribution in [1.82, 2.24) is 4.72 Å². The minimum atomic E-state index is -3.86. The lowest BCUT2D eigenvalue weighted by Gasteiger charge is -2.19. The van der Waals surface area contributed by atoms with E-state index >= 15 is 0 Å². The summed E-state index contributed by atoms with van der Waals surface area (Å²) >= 11 is 1.51. The summed E-state index contributed by atoms with van der Waals surface area (Å²) in [6.07, 6.45) is 2.19. The maximum atomic E-state index is 12.8. The Morgan fingerprint density at radius 2 is 1.74 bits per heavy atom. The van der Waals surface area contributed by atoms with Crippen LogP contribution >= 0.6 is 11.8 Å². The van der Waals surface area contributed by atoms with Gasteiger partial charge in [0, 0.05) is 5.69 Å². The highest BCUT2D eigenvalue weighted by molar-refractivity contribution is 7.98. The lowest BCUT2D eigenvalue weighted by atomic mass is 10.1. The number of thioether (sulfide) groups is 1. The molecule has 0 aliphatic heterocycles. The van der Waals surface area contributed by atoms with E-state index in [1.165, 1.54) is 30.8 Å². The van der Waals surface area contributed by atoms with E-state index in [0.717, 1.165) is 0 Å². The molecule has 0 aliphatic rings. The first kappa shape index (κ1) is 25.2. The molecule has 0 bridgehead atoms. The van der Waals surface area contributed by atoms with Gasteiger partial charge in [0.2, 0.25) is 26.0 Å². The predicted molar refractivity (Wildman–Crippen MR) is 126 cm³/mol. The fourth-order valence-corrected chi connectivity index (χ4v) is 5.09. The van der Waals surface area contributed by atoms with E-state index in [1.54, 1.807) is 43.3 Å². The van der Waals surface area contributed by atoms with Crippen LogP contribution in [0.25, 0.3) is 0 Å². The number of anilines is 2. The molecule has 0 aromatic heterocycles. The molecule has 1 atom stereocenters. The number of rotatable bonds is 11. The number of benzene rings is 2. The van der Waals surface area contributed by atoms with Crippen LogP contribution in [0.15, 0.2) is 53.4 Å². The number of carbonyl (C=O) groups excluding carboxylic acids is 1. The van der Waals surface area contributed by atoms with Crippen LogP contribution in [0.4, 0.5) is 11.4 Å². The average Bonchev–Trinajstić information content (AvgIpc) is 2.73. The van der Waals surface area contributed by atoms with Crippen LogP contribution in [0.3, 0.4) is 0 Å².